The van der Waals surface area contributed by atoms with E-state index in [1.807, 2.05) is 30.3 Å². The van der Waals surface area contributed by atoms with Crippen molar-refractivity contribution in [3.8, 4) is 0 Å². The van der Waals surface area contributed by atoms with Crippen LogP contribution >= 0.6 is 0 Å². The highest BCUT2D eigenvalue weighted by Gasteiger charge is 2.22. The molecule has 142 valence electrons. The lowest BCUT2D eigenvalue weighted by Gasteiger charge is -2.17. The Morgan fingerprint density at radius 2 is 1.64 bits per heavy atom. The lowest BCUT2D eigenvalue weighted by atomic mass is 9.93. The maximum atomic E-state index is 13.3. The zero-order chi connectivity index (χ0) is 19.8. The van der Waals surface area contributed by atoms with Crippen LogP contribution in [0.1, 0.15) is 17.2 Å². The van der Waals surface area contributed by atoms with Gasteiger partial charge in [0.05, 0.1) is 12.5 Å². The number of aromatic nitrogens is 1. The number of hydrogen-bond donors (Lipinski definition) is 2. The minimum Gasteiger partial charge on any atom is -0.346 e. The van der Waals surface area contributed by atoms with Crippen molar-refractivity contribution in [2.24, 2.45) is 0 Å². The smallest absolute Gasteiger partial charge is 0.243 e. The molecule has 0 saturated heterocycles. The lowest BCUT2D eigenvalue weighted by Crippen LogP contribution is -2.36. The molecule has 2 aromatic carbocycles. The average Bonchev–Trinajstić information content (AvgIpc) is 2.72. The summed E-state index contributed by atoms with van der Waals surface area (Å²) in [5, 5.41) is 5.38. The normalized spacial score (nSPS) is 11.5. The monoisotopic (exact) mass is 377 g/mol. The van der Waals surface area contributed by atoms with Gasteiger partial charge in [-0.15, -0.1) is 0 Å². The molecule has 0 aliphatic heterocycles. The standard InChI is InChI=1S/C22H20FN3O2/c23-17-11-9-16(10-12-17)20(14-19-8-4-5-13-24-19)22(28)25-15-21(27)26-18-6-2-1-3-7-18/h1-13,20H,14-15H2,(H,25,28)(H,26,27). The van der Waals surface area contributed by atoms with Gasteiger partial charge in [0.2, 0.25) is 11.8 Å². The zero-order valence-corrected chi connectivity index (χ0v) is 15.1. The predicted octanol–water partition coefficient (Wildman–Crippen LogP) is 3.30. The van der Waals surface area contributed by atoms with Gasteiger partial charge < -0.3 is 10.6 Å². The molecular formula is C22H20FN3O2. The highest BCUT2D eigenvalue weighted by molar-refractivity contribution is 5.95. The van der Waals surface area contributed by atoms with Crippen LogP contribution in [-0.4, -0.2) is 23.3 Å². The molecule has 28 heavy (non-hydrogen) atoms. The number of nitrogens with zero attached hydrogens (tertiary/aromatic N) is 1. The number of nitrogens with one attached hydrogen (secondary N) is 2. The van der Waals surface area contributed by atoms with Crippen molar-refractivity contribution in [1.82, 2.24) is 10.3 Å². The zero-order valence-electron chi connectivity index (χ0n) is 15.1. The first-order chi connectivity index (χ1) is 13.6. The number of anilines is 1. The molecule has 2 N–H and O–H groups in total. The van der Waals surface area contributed by atoms with Gasteiger partial charge in [0.15, 0.2) is 0 Å². The Hall–Kier alpha value is -3.54. The van der Waals surface area contributed by atoms with E-state index >= 15 is 0 Å². The molecule has 1 atom stereocenters. The van der Waals surface area contributed by atoms with Crippen molar-refractivity contribution >= 4 is 17.5 Å². The van der Waals surface area contributed by atoms with Crippen molar-refractivity contribution < 1.29 is 14.0 Å². The Balaban J connectivity index is 1.67. The van der Waals surface area contributed by atoms with Gasteiger partial charge in [-0.1, -0.05) is 36.4 Å². The van der Waals surface area contributed by atoms with Crippen molar-refractivity contribution in [1.29, 1.82) is 0 Å². The summed E-state index contributed by atoms with van der Waals surface area (Å²) < 4.78 is 13.3. The van der Waals surface area contributed by atoms with Crippen LogP contribution < -0.4 is 10.6 Å². The molecule has 3 aromatic rings. The fraction of sp³-hybridized carbons (Fsp3) is 0.136. The van der Waals surface area contributed by atoms with Crippen LogP contribution in [0.15, 0.2) is 79.0 Å². The molecule has 5 nitrogen and oxygen atoms in total. The first-order valence-corrected chi connectivity index (χ1v) is 8.90. The molecule has 0 fully saturated rings. The molecule has 6 heteroatoms. The van der Waals surface area contributed by atoms with Crippen molar-refractivity contribution in [2.75, 3.05) is 11.9 Å². The van der Waals surface area contributed by atoms with E-state index in [1.54, 1.807) is 36.5 Å². The van der Waals surface area contributed by atoms with Crippen LogP contribution in [0.3, 0.4) is 0 Å². The Morgan fingerprint density at radius 1 is 0.929 bits per heavy atom. The fourth-order valence-corrected chi connectivity index (χ4v) is 2.80. The molecule has 0 spiro atoms. The van der Waals surface area contributed by atoms with Gasteiger partial charge in [-0.05, 0) is 42.0 Å². The predicted molar refractivity (Wildman–Crippen MR) is 105 cm³/mol. The number of benzene rings is 2. The molecule has 0 aliphatic carbocycles. The average molecular weight is 377 g/mol. The molecule has 2 amide bonds. The number of pyridine rings is 1. The summed E-state index contributed by atoms with van der Waals surface area (Å²) in [6.07, 6.45) is 2.00. The highest BCUT2D eigenvalue weighted by atomic mass is 19.1. The largest absolute Gasteiger partial charge is 0.346 e. The summed E-state index contributed by atoms with van der Waals surface area (Å²) >= 11 is 0. The van der Waals surface area contributed by atoms with Crippen molar-refractivity contribution in [2.45, 2.75) is 12.3 Å². The quantitative estimate of drug-likeness (QED) is 0.664. The van der Waals surface area contributed by atoms with E-state index in [9.17, 15) is 14.0 Å². The SMILES string of the molecule is O=C(CNC(=O)C(Cc1ccccn1)c1ccc(F)cc1)Nc1ccccc1. The van der Waals surface area contributed by atoms with Gasteiger partial charge in [0, 0.05) is 24.0 Å². The van der Waals surface area contributed by atoms with Crippen molar-refractivity contribution in [3.05, 3.63) is 96.1 Å². The molecule has 1 aromatic heterocycles. The Labute approximate surface area is 162 Å². The molecule has 1 unspecified atom stereocenters. The molecule has 0 bridgehead atoms. The lowest BCUT2D eigenvalue weighted by molar-refractivity contribution is -0.125. The third-order valence-electron chi connectivity index (χ3n) is 4.21. The maximum absolute atomic E-state index is 13.3. The first kappa shape index (κ1) is 19.2. The van der Waals surface area contributed by atoms with Crippen molar-refractivity contribution in [3.63, 3.8) is 0 Å². The molecule has 0 aliphatic rings. The number of carbonyl (C=O) groups is 2. The molecule has 0 radical (unpaired) electrons. The summed E-state index contributed by atoms with van der Waals surface area (Å²) in [7, 11) is 0. The summed E-state index contributed by atoms with van der Waals surface area (Å²) in [6.45, 7) is -0.159. The second kappa shape index (κ2) is 9.41. The van der Waals surface area contributed by atoms with E-state index in [4.69, 9.17) is 0 Å². The Kier molecular flexibility index (Phi) is 6.46. The third-order valence-corrected chi connectivity index (χ3v) is 4.21. The number of amides is 2. The van der Waals surface area contributed by atoms with Crippen LogP contribution in [0.2, 0.25) is 0 Å². The van der Waals surface area contributed by atoms with Gasteiger partial charge in [0.25, 0.3) is 0 Å². The van der Waals surface area contributed by atoms with E-state index in [-0.39, 0.29) is 24.2 Å². The Bertz CT molecular complexity index is 916. The van der Waals surface area contributed by atoms with Gasteiger partial charge in [-0.3, -0.25) is 14.6 Å². The summed E-state index contributed by atoms with van der Waals surface area (Å²) in [5.41, 5.74) is 2.05. The number of carbonyl (C=O) groups excluding carboxylic acids is 2. The van der Waals surface area contributed by atoms with Crippen LogP contribution in [0, 0.1) is 5.82 Å². The number of hydrogen-bond acceptors (Lipinski definition) is 3. The van der Waals surface area contributed by atoms with E-state index < -0.39 is 5.92 Å². The topological polar surface area (TPSA) is 71.1 Å². The number of para-hydroxylation sites is 1. The maximum Gasteiger partial charge on any atom is 0.243 e. The minimum absolute atomic E-state index is 0.159. The van der Waals surface area contributed by atoms with Crippen LogP contribution in [0.4, 0.5) is 10.1 Å². The highest BCUT2D eigenvalue weighted by Crippen LogP contribution is 2.21. The molecule has 1 heterocycles. The van der Waals surface area contributed by atoms with E-state index in [1.165, 1.54) is 12.1 Å². The van der Waals surface area contributed by atoms with Gasteiger partial charge in [0.1, 0.15) is 5.82 Å². The van der Waals surface area contributed by atoms with Gasteiger partial charge >= 0.3 is 0 Å². The van der Waals surface area contributed by atoms with Crippen LogP contribution in [0.25, 0.3) is 0 Å². The second-order valence-corrected chi connectivity index (χ2v) is 6.26. The Morgan fingerprint density at radius 3 is 2.32 bits per heavy atom. The van der Waals surface area contributed by atoms with E-state index in [0.717, 1.165) is 5.69 Å². The summed E-state index contributed by atoms with van der Waals surface area (Å²) in [5.74, 6) is -1.60. The molecule has 0 saturated carbocycles. The summed E-state index contributed by atoms with van der Waals surface area (Å²) in [4.78, 5) is 29.1. The van der Waals surface area contributed by atoms with Crippen LogP contribution in [0.5, 0.6) is 0 Å². The van der Waals surface area contributed by atoms with E-state index in [2.05, 4.69) is 15.6 Å². The fourth-order valence-electron chi connectivity index (χ4n) is 2.80. The van der Waals surface area contributed by atoms with Crippen LogP contribution in [-0.2, 0) is 16.0 Å². The van der Waals surface area contributed by atoms with E-state index in [0.29, 0.717) is 17.7 Å². The summed E-state index contributed by atoms with van der Waals surface area (Å²) in [6, 6.07) is 20.3. The molecule has 3 rings (SSSR count). The van der Waals surface area contributed by atoms with Gasteiger partial charge in [-0.25, -0.2) is 4.39 Å². The second-order valence-electron chi connectivity index (χ2n) is 6.26. The number of rotatable bonds is 7. The first-order valence-electron chi connectivity index (χ1n) is 8.90. The minimum atomic E-state index is -0.583. The molecular weight excluding hydrogens is 357 g/mol. The third kappa shape index (κ3) is 5.48. The van der Waals surface area contributed by atoms with Gasteiger partial charge in [-0.2, -0.15) is 0 Å². The number of halogens is 1.